The summed E-state index contributed by atoms with van der Waals surface area (Å²) in [5.41, 5.74) is 2.76. The van der Waals surface area contributed by atoms with Crippen LogP contribution in [0.15, 0.2) is 40.8 Å². The third kappa shape index (κ3) is 3.44. The Kier molecular flexibility index (Phi) is 4.28. The van der Waals surface area contributed by atoms with Crippen LogP contribution < -0.4 is 10.6 Å². The summed E-state index contributed by atoms with van der Waals surface area (Å²) in [4.78, 5) is 26.1. The van der Waals surface area contributed by atoms with Gasteiger partial charge in [0.2, 0.25) is 5.91 Å². The van der Waals surface area contributed by atoms with E-state index < -0.39 is 6.04 Å². The van der Waals surface area contributed by atoms with Crippen LogP contribution in [0.3, 0.4) is 0 Å². The number of amides is 2. The SMILES string of the molecule is O=C(N[C@H]1CCNC1=O)c1ccc(CN2CCc3ccccc3C2)o1. The number of furan rings is 1. The van der Waals surface area contributed by atoms with Gasteiger partial charge in [0.15, 0.2) is 5.76 Å². The number of hydrogen-bond acceptors (Lipinski definition) is 4. The van der Waals surface area contributed by atoms with Crippen LogP contribution in [0.25, 0.3) is 0 Å². The first kappa shape index (κ1) is 15.9. The Balaban J connectivity index is 1.37. The van der Waals surface area contributed by atoms with Gasteiger partial charge in [0.1, 0.15) is 11.8 Å². The normalized spacial score (nSPS) is 20.2. The summed E-state index contributed by atoms with van der Waals surface area (Å²) in [6.45, 7) is 3.14. The van der Waals surface area contributed by atoms with E-state index in [1.54, 1.807) is 6.07 Å². The summed E-state index contributed by atoms with van der Waals surface area (Å²) in [5.74, 6) is 0.553. The highest BCUT2D eigenvalue weighted by molar-refractivity contribution is 5.96. The molecule has 1 aromatic heterocycles. The Morgan fingerprint density at radius 3 is 2.88 bits per heavy atom. The Morgan fingerprint density at radius 1 is 1.24 bits per heavy atom. The van der Waals surface area contributed by atoms with Gasteiger partial charge in [-0.1, -0.05) is 24.3 Å². The molecule has 1 atom stereocenters. The predicted octanol–water partition coefficient (Wildman–Crippen LogP) is 1.46. The van der Waals surface area contributed by atoms with Crippen LogP contribution >= 0.6 is 0 Å². The second-order valence-corrected chi connectivity index (χ2v) is 6.60. The summed E-state index contributed by atoms with van der Waals surface area (Å²) >= 11 is 0. The lowest BCUT2D eigenvalue weighted by Gasteiger charge is -2.27. The van der Waals surface area contributed by atoms with Crippen LogP contribution in [0.2, 0.25) is 0 Å². The molecule has 6 nitrogen and oxygen atoms in total. The largest absolute Gasteiger partial charge is 0.455 e. The molecule has 4 rings (SSSR count). The van der Waals surface area contributed by atoms with Crippen LogP contribution in [-0.4, -0.2) is 35.8 Å². The van der Waals surface area contributed by atoms with Crippen molar-refractivity contribution in [2.45, 2.75) is 32.0 Å². The molecule has 2 amide bonds. The maximum absolute atomic E-state index is 12.2. The van der Waals surface area contributed by atoms with E-state index in [9.17, 15) is 9.59 Å². The molecule has 1 saturated heterocycles. The van der Waals surface area contributed by atoms with E-state index in [-0.39, 0.29) is 17.6 Å². The van der Waals surface area contributed by atoms with Crippen LogP contribution in [0.4, 0.5) is 0 Å². The fourth-order valence-electron chi connectivity index (χ4n) is 3.46. The van der Waals surface area contributed by atoms with E-state index in [1.807, 2.05) is 6.07 Å². The van der Waals surface area contributed by atoms with Gasteiger partial charge in [-0.05, 0) is 36.1 Å². The molecule has 130 valence electrons. The van der Waals surface area contributed by atoms with Crippen molar-refractivity contribution in [1.29, 1.82) is 0 Å². The third-order valence-electron chi connectivity index (χ3n) is 4.83. The zero-order chi connectivity index (χ0) is 17.2. The van der Waals surface area contributed by atoms with Crippen molar-refractivity contribution in [2.24, 2.45) is 0 Å². The number of rotatable bonds is 4. The number of nitrogens with zero attached hydrogens (tertiary/aromatic N) is 1. The highest BCUT2D eigenvalue weighted by Gasteiger charge is 2.27. The van der Waals surface area contributed by atoms with Gasteiger partial charge in [0.05, 0.1) is 6.54 Å². The second kappa shape index (κ2) is 6.72. The lowest BCUT2D eigenvalue weighted by molar-refractivity contribution is -0.120. The first-order valence-corrected chi connectivity index (χ1v) is 8.65. The molecule has 1 aromatic carbocycles. The van der Waals surface area contributed by atoms with Crippen LogP contribution in [0, 0.1) is 0 Å². The molecule has 6 heteroatoms. The van der Waals surface area contributed by atoms with Crippen molar-refractivity contribution in [3.8, 4) is 0 Å². The van der Waals surface area contributed by atoms with Gasteiger partial charge in [-0.25, -0.2) is 0 Å². The monoisotopic (exact) mass is 339 g/mol. The van der Waals surface area contributed by atoms with Crippen molar-refractivity contribution < 1.29 is 14.0 Å². The van der Waals surface area contributed by atoms with Gasteiger partial charge in [-0.15, -0.1) is 0 Å². The molecule has 2 N–H and O–H groups in total. The minimum absolute atomic E-state index is 0.132. The lowest BCUT2D eigenvalue weighted by atomic mass is 10.00. The van der Waals surface area contributed by atoms with Crippen LogP contribution in [0.1, 0.15) is 33.9 Å². The molecular formula is C19H21N3O3. The van der Waals surface area contributed by atoms with E-state index in [0.717, 1.165) is 25.3 Å². The highest BCUT2D eigenvalue weighted by atomic mass is 16.4. The molecule has 0 unspecified atom stereocenters. The van der Waals surface area contributed by atoms with E-state index in [2.05, 4.69) is 39.8 Å². The van der Waals surface area contributed by atoms with E-state index >= 15 is 0 Å². The van der Waals surface area contributed by atoms with Crippen molar-refractivity contribution in [3.63, 3.8) is 0 Å². The van der Waals surface area contributed by atoms with Crippen molar-refractivity contribution in [3.05, 3.63) is 59.0 Å². The van der Waals surface area contributed by atoms with Gasteiger partial charge in [-0.2, -0.15) is 0 Å². The number of benzene rings is 1. The standard InChI is InChI=1S/C19H21N3O3/c23-18-16(7-9-20-18)21-19(24)17-6-5-15(25-17)12-22-10-8-13-3-1-2-4-14(13)11-22/h1-6,16H,7-12H2,(H,20,23)(H,21,24)/t16-/m0/s1. The smallest absolute Gasteiger partial charge is 0.287 e. The molecule has 0 saturated carbocycles. The molecule has 0 aliphatic carbocycles. The Hall–Kier alpha value is -2.60. The van der Waals surface area contributed by atoms with Crippen molar-refractivity contribution >= 4 is 11.8 Å². The van der Waals surface area contributed by atoms with Gasteiger partial charge >= 0.3 is 0 Å². The number of carbonyl (C=O) groups excluding carboxylic acids is 2. The fourth-order valence-corrected chi connectivity index (χ4v) is 3.46. The molecule has 2 aromatic rings. The Bertz CT molecular complexity index is 799. The second-order valence-electron chi connectivity index (χ2n) is 6.60. The maximum atomic E-state index is 12.2. The van der Waals surface area contributed by atoms with Crippen molar-refractivity contribution in [2.75, 3.05) is 13.1 Å². The zero-order valence-electron chi connectivity index (χ0n) is 14.0. The number of carbonyl (C=O) groups is 2. The van der Waals surface area contributed by atoms with Crippen LogP contribution in [-0.2, 0) is 24.3 Å². The average Bonchev–Trinajstić information content (AvgIpc) is 3.24. The van der Waals surface area contributed by atoms with Gasteiger partial charge < -0.3 is 15.1 Å². The Labute approximate surface area is 146 Å². The molecule has 1 fully saturated rings. The molecule has 0 bridgehead atoms. The van der Waals surface area contributed by atoms with Gasteiger partial charge in [0.25, 0.3) is 5.91 Å². The molecule has 25 heavy (non-hydrogen) atoms. The minimum atomic E-state index is -0.459. The van der Waals surface area contributed by atoms with E-state index in [0.29, 0.717) is 19.5 Å². The number of nitrogens with one attached hydrogen (secondary N) is 2. The first-order chi connectivity index (χ1) is 12.2. The third-order valence-corrected chi connectivity index (χ3v) is 4.83. The molecule has 0 spiro atoms. The summed E-state index contributed by atoms with van der Waals surface area (Å²) in [6, 6.07) is 11.5. The van der Waals surface area contributed by atoms with E-state index in [4.69, 9.17) is 4.42 Å². The predicted molar refractivity (Wildman–Crippen MR) is 91.8 cm³/mol. The fraction of sp³-hybridized carbons (Fsp3) is 0.368. The summed E-state index contributed by atoms with van der Waals surface area (Å²) in [5, 5.41) is 5.42. The highest BCUT2D eigenvalue weighted by Crippen LogP contribution is 2.21. The quantitative estimate of drug-likeness (QED) is 0.884. The molecular weight excluding hydrogens is 318 g/mol. The summed E-state index contributed by atoms with van der Waals surface area (Å²) in [6.07, 6.45) is 1.65. The number of fused-ring (bicyclic) bond motifs is 1. The number of hydrogen-bond donors (Lipinski definition) is 2. The minimum Gasteiger partial charge on any atom is -0.455 e. The van der Waals surface area contributed by atoms with E-state index in [1.165, 1.54) is 11.1 Å². The van der Waals surface area contributed by atoms with Crippen LogP contribution in [0.5, 0.6) is 0 Å². The zero-order valence-corrected chi connectivity index (χ0v) is 14.0. The summed E-state index contributed by atoms with van der Waals surface area (Å²) < 4.78 is 5.70. The first-order valence-electron chi connectivity index (χ1n) is 8.65. The average molecular weight is 339 g/mol. The molecule has 2 aliphatic heterocycles. The van der Waals surface area contributed by atoms with Gasteiger partial charge in [-0.3, -0.25) is 14.5 Å². The maximum Gasteiger partial charge on any atom is 0.287 e. The van der Waals surface area contributed by atoms with Gasteiger partial charge in [0, 0.05) is 19.6 Å². The topological polar surface area (TPSA) is 74.6 Å². The Morgan fingerprint density at radius 2 is 2.08 bits per heavy atom. The molecule has 2 aliphatic rings. The molecule has 0 radical (unpaired) electrons. The molecule has 3 heterocycles. The van der Waals surface area contributed by atoms with Crippen molar-refractivity contribution in [1.82, 2.24) is 15.5 Å². The summed E-state index contributed by atoms with van der Waals surface area (Å²) in [7, 11) is 0. The lowest BCUT2D eigenvalue weighted by Crippen LogP contribution is -2.39.